The molecule has 0 amide bonds. The second-order valence-electron chi connectivity index (χ2n) is 4.24. The van der Waals surface area contributed by atoms with E-state index in [9.17, 15) is 10.1 Å². The molecule has 106 valence electrons. The largest absolute Gasteiger partial charge is 0.494 e. The average molecular weight is 268 g/mol. The van der Waals surface area contributed by atoms with Crippen LogP contribution in [0.1, 0.15) is 20.8 Å². The van der Waals surface area contributed by atoms with Gasteiger partial charge in [0.15, 0.2) is 0 Å². The van der Waals surface area contributed by atoms with E-state index in [1.165, 1.54) is 6.07 Å². The van der Waals surface area contributed by atoms with Gasteiger partial charge in [-0.05, 0) is 32.9 Å². The summed E-state index contributed by atoms with van der Waals surface area (Å²) in [5.41, 5.74) is 0.464. The maximum absolute atomic E-state index is 11.1. The second kappa shape index (κ2) is 6.94. The molecule has 1 N–H and O–H groups in total. The normalized spacial score (nSPS) is 13.7. The third-order valence-electron chi connectivity index (χ3n) is 2.94. The molecule has 0 fully saturated rings. The van der Waals surface area contributed by atoms with Crippen LogP contribution in [0.25, 0.3) is 0 Å². The zero-order valence-electron chi connectivity index (χ0n) is 11.7. The van der Waals surface area contributed by atoms with Crippen LogP contribution in [0.4, 0.5) is 11.4 Å². The van der Waals surface area contributed by atoms with Crippen molar-refractivity contribution >= 4 is 11.4 Å². The molecule has 0 aliphatic carbocycles. The molecule has 0 bridgehead atoms. The van der Waals surface area contributed by atoms with Gasteiger partial charge in [0.25, 0.3) is 5.69 Å². The van der Waals surface area contributed by atoms with E-state index in [0.29, 0.717) is 18.0 Å². The quantitative estimate of drug-likeness (QED) is 0.608. The number of rotatable bonds is 7. The highest BCUT2D eigenvalue weighted by Gasteiger charge is 2.19. The highest BCUT2D eigenvalue weighted by molar-refractivity contribution is 5.64. The van der Waals surface area contributed by atoms with Crippen LogP contribution in [-0.4, -0.2) is 30.8 Å². The monoisotopic (exact) mass is 268 g/mol. The molecule has 2 unspecified atom stereocenters. The number of benzene rings is 1. The average Bonchev–Trinajstić information content (AvgIpc) is 2.39. The van der Waals surface area contributed by atoms with Crippen molar-refractivity contribution < 1.29 is 14.4 Å². The predicted molar refractivity (Wildman–Crippen MR) is 73.8 cm³/mol. The van der Waals surface area contributed by atoms with E-state index >= 15 is 0 Å². The van der Waals surface area contributed by atoms with E-state index < -0.39 is 4.92 Å². The third kappa shape index (κ3) is 4.10. The van der Waals surface area contributed by atoms with Gasteiger partial charge in [-0.15, -0.1) is 0 Å². The Hall–Kier alpha value is -1.82. The van der Waals surface area contributed by atoms with E-state index in [2.05, 4.69) is 5.32 Å². The van der Waals surface area contributed by atoms with Gasteiger partial charge in [0.1, 0.15) is 11.4 Å². The minimum atomic E-state index is -0.422. The number of nitrogens with zero attached hydrogens (tertiary/aromatic N) is 1. The van der Waals surface area contributed by atoms with Gasteiger partial charge in [0.05, 0.1) is 23.7 Å². The number of methoxy groups -OCH3 is 1. The lowest BCUT2D eigenvalue weighted by Gasteiger charge is -2.21. The van der Waals surface area contributed by atoms with Gasteiger partial charge in [-0.3, -0.25) is 10.1 Å². The molecule has 19 heavy (non-hydrogen) atoms. The van der Waals surface area contributed by atoms with E-state index in [0.717, 1.165) is 0 Å². The van der Waals surface area contributed by atoms with Crippen molar-refractivity contribution in [2.45, 2.75) is 32.9 Å². The first-order valence-corrected chi connectivity index (χ1v) is 6.20. The third-order valence-corrected chi connectivity index (χ3v) is 2.94. The van der Waals surface area contributed by atoms with Crippen molar-refractivity contribution in [2.75, 3.05) is 19.0 Å². The smallest absolute Gasteiger partial charge is 0.296 e. The summed E-state index contributed by atoms with van der Waals surface area (Å²) in [5, 5.41) is 14.2. The highest BCUT2D eigenvalue weighted by Crippen LogP contribution is 2.30. The van der Waals surface area contributed by atoms with Gasteiger partial charge in [-0.2, -0.15) is 0 Å². The van der Waals surface area contributed by atoms with Crippen molar-refractivity contribution in [2.24, 2.45) is 0 Å². The van der Waals surface area contributed by atoms with E-state index in [4.69, 9.17) is 9.47 Å². The fourth-order valence-corrected chi connectivity index (χ4v) is 1.61. The Morgan fingerprint density at radius 2 is 2.11 bits per heavy atom. The van der Waals surface area contributed by atoms with Gasteiger partial charge in [-0.25, -0.2) is 0 Å². The van der Waals surface area contributed by atoms with Crippen LogP contribution in [0.3, 0.4) is 0 Å². The molecule has 6 heteroatoms. The summed E-state index contributed by atoms with van der Waals surface area (Å²) in [6, 6.07) is 4.75. The molecule has 6 nitrogen and oxygen atoms in total. The molecule has 2 atom stereocenters. The molecule has 0 spiro atoms. The summed E-state index contributed by atoms with van der Waals surface area (Å²) < 4.78 is 10.5. The van der Waals surface area contributed by atoms with Crippen LogP contribution in [-0.2, 0) is 4.74 Å². The van der Waals surface area contributed by atoms with Crippen LogP contribution in [0.2, 0.25) is 0 Å². The summed E-state index contributed by atoms with van der Waals surface area (Å²) in [4.78, 5) is 10.7. The SMILES string of the molecule is CCOc1ccc(NC(C)C(C)OC)c([N+](=O)[O-])c1. The second-order valence-corrected chi connectivity index (χ2v) is 4.24. The molecule has 0 saturated heterocycles. The Kier molecular flexibility index (Phi) is 5.57. The van der Waals surface area contributed by atoms with Crippen LogP contribution in [0, 0.1) is 10.1 Å². The molecule has 0 heterocycles. The topological polar surface area (TPSA) is 73.6 Å². The van der Waals surface area contributed by atoms with Crippen molar-refractivity contribution in [3.05, 3.63) is 28.3 Å². The van der Waals surface area contributed by atoms with Gasteiger partial charge in [0.2, 0.25) is 0 Å². The van der Waals surface area contributed by atoms with Crippen LogP contribution < -0.4 is 10.1 Å². The van der Waals surface area contributed by atoms with Gasteiger partial charge < -0.3 is 14.8 Å². The maximum Gasteiger partial charge on any atom is 0.296 e. The van der Waals surface area contributed by atoms with Crippen molar-refractivity contribution in [3.8, 4) is 5.75 Å². The number of nitro benzene ring substituents is 1. The van der Waals surface area contributed by atoms with Crippen LogP contribution in [0.5, 0.6) is 5.75 Å². The number of hydrogen-bond donors (Lipinski definition) is 1. The molecule has 0 radical (unpaired) electrons. The minimum Gasteiger partial charge on any atom is -0.494 e. The van der Waals surface area contributed by atoms with Crippen LogP contribution >= 0.6 is 0 Å². The molecule has 0 aliphatic rings. The summed E-state index contributed by atoms with van der Waals surface area (Å²) in [6.07, 6.45) is -0.0498. The predicted octanol–water partition coefficient (Wildman–Crippen LogP) is 2.83. The molecular weight excluding hydrogens is 248 g/mol. The van der Waals surface area contributed by atoms with E-state index in [1.54, 1.807) is 19.2 Å². The summed E-state index contributed by atoms with van der Waals surface area (Å²) in [6.45, 7) is 6.12. The lowest BCUT2D eigenvalue weighted by molar-refractivity contribution is -0.384. The first-order valence-electron chi connectivity index (χ1n) is 6.20. The standard InChI is InChI=1S/C13H20N2O4/c1-5-19-11-6-7-12(13(8-11)15(16)17)14-9(2)10(3)18-4/h6-10,14H,5H2,1-4H3. The number of ether oxygens (including phenoxy) is 2. The molecule has 1 aromatic carbocycles. The number of nitrogens with one attached hydrogen (secondary N) is 1. The van der Waals surface area contributed by atoms with Crippen molar-refractivity contribution in [1.82, 2.24) is 0 Å². The zero-order chi connectivity index (χ0) is 14.4. The first kappa shape index (κ1) is 15.2. The first-order chi connectivity index (χ1) is 8.99. The molecule has 1 rings (SSSR count). The van der Waals surface area contributed by atoms with Crippen LogP contribution in [0.15, 0.2) is 18.2 Å². The number of nitro groups is 1. The Bertz CT molecular complexity index is 437. The van der Waals surface area contributed by atoms with Gasteiger partial charge >= 0.3 is 0 Å². The molecule has 0 aliphatic heterocycles. The Balaban J connectivity index is 2.96. The Morgan fingerprint density at radius 1 is 1.42 bits per heavy atom. The fourth-order valence-electron chi connectivity index (χ4n) is 1.61. The molecular formula is C13H20N2O4. The van der Waals surface area contributed by atoms with E-state index in [-0.39, 0.29) is 17.8 Å². The fraction of sp³-hybridized carbons (Fsp3) is 0.538. The molecule has 0 saturated carbocycles. The number of anilines is 1. The zero-order valence-corrected chi connectivity index (χ0v) is 11.7. The summed E-state index contributed by atoms with van der Waals surface area (Å²) in [7, 11) is 1.61. The van der Waals surface area contributed by atoms with Crippen molar-refractivity contribution in [3.63, 3.8) is 0 Å². The van der Waals surface area contributed by atoms with Gasteiger partial charge in [0, 0.05) is 13.2 Å². The highest BCUT2D eigenvalue weighted by atomic mass is 16.6. The molecule has 0 aromatic heterocycles. The Labute approximate surface area is 112 Å². The van der Waals surface area contributed by atoms with Gasteiger partial charge in [-0.1, -0.05) is 0 Å². The van der Waals surface area contributed by atoms with E-state index in [1.807, 2.05) is 20.8 Å². The van der Waals surface area contributed by atoms with Crippen molar-refractivity contribution in [1.29, 1.82) is 0 Å². The maximum atomic E-state index is 11.1. The summed E-state index contributed by atoms with van der Waals surface area (Å²) >= 11 is 0. The number of hydrogen-bond acceptors (Lipinski definition) is 5. The minimum absolute atomic E-state index is 0.00102. The summed E-state index contributed by atoms with van der Waals surface area (Å²) in [5.74, 6) is 0.493. The lowest BCUT2D eigenvalue weighted by Crippen LogP contribution is -2.29. The lowest BCUT2D eigenvalue weighted by atomic mass is 10.2. The molecule has 1 aromatic rings. The Morgan fingerprint density at radius 3 is 2.63 bits per heavy atom.